The Morgan fingerprint density at radius 3 is 2.79 bits per heavy atom. The Labute approximate surface area is 111 Å². The van der Waals surface area contributed by atoms with E-state index in [2.05, 4.69) is 4.90 Å². The largest absolute Gasteiger partial charge is 0.416 e. The molecule has 1 aromatic carbocycles. The van der Waals surface area contributed by atoms with Gasteiger partial charge in [-0.15, -0.1) is 0 Å². The zero-order valence-electron chi connectivity index (χ0n) is 11.0. The quantitative estimate of drug-likeness (QED) is 0.915. The highest BCUT2D eigenvalue weighted by atomic mass is 19.4. The van der Waals surface area contributed by atoms with E-state index >= 15 is 0 Å². The van der Waals surface area contributed by atoms with Crippen LogP contribution in [-0.2, 0) is 6.18 Å². The smallest absolute Gasteiger partial charge is 0.329 e. The van der Waals surface area contributed by atoms with Crippen molar-refractivity contribution in [1.29, 1.82) is 0 Å². The third-order valence-electron chi connectivity index (χ3n) is 3.89. The molecule has 1 aromatic rings. The van der Waals surface area contributed by atoms with Crippen LogP contribution < -0.4 is 5.73 Å². The van der Waals surface area contributed by atoms with Crippen LogP contribution in [-0.4, -0.2) is 24.0 Å². The summed E-state index contributed by atoms with van der Waals surface area (Å²) in [5, 5.41) is 0. The van der Waals surface area contributed by atoms with Gasteiger partial charge >= 0.3 is 6.18 Å². The summed E-state index contributed by atoms with van der Waals surface area (Å²) < 4.78 is 38.2. The number of alkyl halides is 3. The lowest BCUT2D eigenvalue weighted by Gasteiger charge is -2.30. The second-order valence-electron chi connectivity index (χ2n) is 5.07. The molecule has 2 unspecified atom stereocenters. The molecule has 106 valence electrons. The number of benzene rings is 1. The summed E-state index contributed by atoms with van der Waals surface area (Å²) in [4.78, 5) is 2.20. The Morgan fingerprint density at radius 1 is 1.42 bits per heavy atom. The zero-order valence-corrected chi connectivity index (χ0v) is 11.0. The minimum atomic E-state index is -4.28. The van der Waals surface area contributed by atoms with Crippen LogP contribution >= 0.6 is 0 Å². The van der Waals surface area contributed by atoms with Crippen molar-refractivity contribution in [1.82, 2.24) is 4.90 Å². The number of nitrogens with zero attached hydrogens (tertiary/aromatic N) is 1. The fourth-order valence-corrected chi connectivity index (χ4v) is 2.79. The van der Waals surface area contributed by atoms with E-state index in [1.54, 1.807) is 6.07 Å². The van der Waals surface area contributed by atoms with Gasteiger partial charge in [0.25, 0.3) is 0 Å². The van der Waals surface area contributed by atoms with Gasteiger partial charge in [0.1, 0.15) is 0 Å². The maximum Gasteiger partial charge on any atom is 0.416 e. The van der Waals surface area contributed by atoms with Crippen LogP contribution in [0.15, 0.2) is 24.3 Å². The Kier molecular flexibility index (Phi) is 4.16. The molecule has 1 heterocycles. The molecule has 0 aromatic heterocycles. The molecule has 2 nitrogen and oxygen atoms in total. The first-order valence-electron chi connectivity index (χ1n) is 6.56. The van der Waals surface area contributed by atoms with Crippen molar-refractivity contribution >= 4 is 0 Å². The van der Waals surface area contributed by atoms with Crippen molar-refractivity contribution in [2.75, 3.05) is 13.1 Å². The maximum absolute atomic E-state index is 12.7. The van der Waals surface area contributed by atoms with Crippen molar-refractivity contribution in [3.8, 4) is 0 Å². The van der Waals surface area contributed by atoms with E-state index < -0.39 is 11.7 Å². The van der Waals surface area contributed by atoms with E-state index in [9.17, 15) is 13.2 Å². The highest BCUT2D eigenvalue weighted by Gasteiger charge is 2.32. The average Bonchev–Trinajstić information content (AvgIpc) is 2.85. The molecule has 1 aliphatic heterocycles. The lowest BCUT2D eigenvalue weighted by molar-refractivity contribution is -0.137. The van der Waals surface area contributed by atoms with Gasteiger partial charge in [-0.2, -0.15) is 13.2 Å². The normalized spacial score (nSPS) is 22.7. The van der Waals surface area contributed by atoms with Gasteiger partial charge < -0.3 is 5.73 Å². The van der Waals surface area contributed by atoms with E-state index in [4.69, 9.17) is 5.73 Å². The van der Waals surface area contributed by atoms with Gasteiger partial charge in [0.05, 0.1) is 5.56 Å². The summed E-state index contributed by atoms with van der Waals surface area (Å²) in [6, 6.07) is 5.84. The van der Waals surface area contributed by atoms with Crippen LogP contribution in [0.1, 0.15) is 36.9 Å². The first-order chi connectivity index (χ1) is 8.93. The van der Waals surface area contributed by atoms with E-state index in [1.165, 1.54) is 12.1 Å². The monoisotopic (exact) mass is 272 g/mol. The van der Waals surface area contributed by atoms with E-state index in [0.717, 1.165) is 25.5 Å². The van der Waals surface area contributed by atoms with Gasteiger partial charge in [-0.3, -0.25) is 4.90 Å². The molecule has 0 bridgehead atoms. The lowest BCUT2D eigenvalue weighted by Crippen LogP contribution is -2.37. The van der Waals surface area contributed by atoms with E-state index in [0.29, 0.717) is 12.1 Å². The molecular formula is C14H19F3N2. The minimum absolute atomic E-state index is 0.0293. The van der Waals surface area contributed by atoms with Crippen molar-refractivity contribution in [3.63, 3.8) is 0 Å². The molecule has 1 fully saturated rings. The van der Waals surface area contributed by atoms with Crippen LogP contribution in [0.25, 0.3) is 0 Å². The van der Waals surface area contributed by atoms with Gasteiger partial charge in [0.15, 0.2) is 0 Å². The van der Waals surface area contributed by atoms with Crippen LogP contribution in [0.2, 0.25) is 0 Å². The van der Waals surface area contributed by atoms with Crippen LogP contribution in [0, 0.1) is 0 Å². The summed E-state index contributed by atoms with van der Waals surface area (Å²) in [7, 11) is 0. The van der Waals surface area contributed by atoms with Crippen LogP contribution in [0.5, 0.6) is 0 Å². The Balaban J connectivity index is 2.22. The Hall–Kier alpha value is -1.07. The fourth-order valence-electron chi connectivity index (χ4n) is 2.79. The number of nitrogens with two attached hydrogens (primary N) is 1. The van der Waals surface area contributed by atoms with Crippen LogP contribution in [0.3, 0.4) is 0 Å². The summed E-state index contributed by atoms with van der Waals surface area (Å²) in [5.41, 5.74) is 5.84. The summed E-state index contributed by atoms with van der Waals surface area (Å²) >= 11 is 0. The van der Waals surface area contributed by atoms with Crippen molar-refractivity contribution in [3.05, 3.63) is 35.4 Å². The van der Waals surface area contributed by atoms with Gasteiger partial charge in [0, 0.05) is 18.6 Å². The molecule has 0 saturated carbocycles. The van der Waals surface area contributed by atoms with Crippen molar-refractivity contribution < 1.29 is 13.2 Å². The SMILES string of the molecule is CC(c1cccc(C(F)(F)F)c1)N1CCCC1CN. The number of likely N-dealkylation sites (tertiary alicyclic amines) is 1. The number of halogens is 3. The second kappa shape index (κ2) is 5.51. The van der Waals surface area contributed by atoms with Gasteiger partial charge in [0.2, 0.25) is 0 Å². The summed E-state index contributed by atoms with van der Waals surface area (Å²) in [6.45, 7) is 3.41. The number of hydrogen-bond acceptors (Lipinski definition) is 2. The maximum atomic E-state index is 12.7. The third kappa shape index (κ3) is 3.09. The molecule has 0 radical (unpaired) electrons. The molecule has 2 rings (SSSR count). The lowest BCUT2D eigenvalue weighted by atomic mass is 10.0. The standard InChI is InChI=1S/C14H19F3N2/c1-10(19-7-3-6-13(19)9-18)11-4-2-5-12(8-11)14(15,16)17/h2,4-5,8,10,13H,3,6-7,9,18H2,1H3. The van der Waals surface area contributed by atoms with Gasteiger partial charge in [-0.05, 0) is 44.0 Å². The molecule has 1 aliphatic rings. The molecule has 0 spiro atoms. The van der Waals surface area contributed by atoms with Crippen molar-refractivity contribution in [2.24, 2.45) is 5.73 Å². The Bertz CT molecular complexity index is 431. The second-order valence-corrected chi connectivity index (χ2v) is 5.07. The zero-order chi connectivity index (χ0) is 14.0. The minimum Gasteiger partial charge on any atom is -0.329 e. The summed E-state index contributed by atoms with van der Waals surface area (Å²) in [6.07, 6.45) is -2.20. The highest BCUT2D eigenvalue weighted by Crippen LogP contribution is 2.33. The predicted octanol–water partition coefficient (Wildman–Crippen LogP) is 3.19. The molecule has 5 heteroatoms. The van der Waals surface area contributed by atoms with E-state index in [-0.39, 0.29) is 12.1 Å². The molecular weight excluding hydrogens is 253 g/mol. The topological polar surface area (TPSA) is 29.3 Å². The first-order valence-corrected chi connectivity index (χ1v) is 6.56. The molecule has 1 saturated heterocycles. The number of rotatable bonds is 3. The van der Waals surface area contributed by atoms with Crippen LogP contribution in [0.4, 0.5) is 13.2 Å². The number of hydrogen-bond donors (Lipinski definition) is 1. The molecule has 19 heavy (non-hydrogen) atoms. The van der Waals surface area contributed by atoms with Gasteiger partial charge in [-0.25, -0.2) is 0 Å². The predicted molar refractivity (Wildman–Crippen MR) is 68.6 cm³/mol. The molecule has 2 N–H and O–H groups in total. The van der Waals surface area contributed by atoms with E-state index in [1.807, 2.05) is 6.92 Å². The molecule has 0 aliphatic carbocycles. The molecule has 2 atom stereocenters. The fraction of sp³-hybridized carbons (Fsp3) is 0.571. The summed E-state index contributed by atoms with van der Waals surface area (Å²) in [5.74, 6) is 0. The third-order valence-corrected chi connectivity index (χ3v) is 3.89. The van der Waals surface area contributed by atoms with Gasteiger partial charge in [-0.1, -0.05) is 12.1 Å². The Morgan fingerprint density at radius 2 is 2.16 bits per heavy atom. The molecule has 0 amide bonds. The van der Waals surface area contributed by atoms with Crippen molar-refractivity contribution in [2.45, 2.75) is 38.0 Å². The first kappa shape index (κ1) is 14.3. The average molecular weight is 272 g/mol. The highest BCUT2D eigenvalue weighted by molar-refractivity contribution is 5.28.